The number of fused-ring (bicyclic) bond motifs is 3. The van der Waals surface area contributed by atoms with Gasteiger partial charge in [0.05, 0.1) is 5.52 Å². The largest absolute Gasteiger partial charge is 0.323 e. The molecule has 0 aliphatic heterocycles. The van der Waals surface area contributed by atoms with E-state index in [1.165, 1.54) is 11.1 Å². The van der Waals surface area contributed by atoms with Gasteiger partial charge in [-0.25, -0.2) is 4.98 Å². The molecule has 0 aliphatic carbocycles. The zero-order valence-corrected chi connectivity index (χ0v) is 14.3. The average molecular weight is 334 g/mol. The third kappa shape index (κ3) is 2.76. The zero-order valence-electron chi connectivity index (χ0n) is 13.5. The van der Waals surface area contributed by atoms with E-state index in [-0.39, 0.29) is 0 Å². The Morgan fingerprint density at radius 3 is 2.58 bits per heavy atom. The zero-order chi connectivity index (χ0) is 16.4. The maximum Gasteiger partial charge on any atom is 0.211 e. The van der Waals surface area contributed by atoms with Crippen molar-refractivity contribution in [2.75, 3.05) is 5.75 Å². The SMILES string of the molecule is CCSc1nnc2c3ccccc3n(CCc3ccccc3)c2n1. The van der Waals surface area contributed by atoms with E-state index in [0.717, 1.165) is 40.4 Å². The number of aryl methyl sites for hydroxylation is 2. The highest BCUT2D eigenvalue weighted by atomic mass is 32.2. The highest BCUT2D eigenvalue weighted by Gasteiger charge is 2.14. The van der Waals surface area contributed by atoms with Gasteiger partial charge >= 0.3 is 0 Å². The molecule has 2 aromatic carbocycles. The van der Waals surface area contributed by atoms with Crippen LogP contribution < -0.4 is 0 Å². The molecule has 2 aromatic heterocycles. The van der Waals surface area contributed by atoms with Crippen LogP contribution in [0.1, 0.15) is 12.5 Å². The highest BCUT2D eigenvalue weighted by Crippen LogP contribution is 2.27. The van der Waals surface area contributed by atoms with Crippen LogP contribution in [0.15, 0.2) is 59.8 Å². The van der Waals surface area contributed by atoms with Gasteiger partial charge in [-0.1, -0.05) is 67.2 Å². The van der Waals surface area contributed by atoms with Crippen LogP contribution in [0.25, 0.3) is 22.1 Å². The first kappa shape index (κ1) is 15.1. The third-order valence-corrected chi connectivity index (χ3v) is 4.81. The van der Waals surface area contributed by atoms with Crippen LogP contribution >= 0.6 is 11.8 Å². The van der Waals surface area contributed by atoms with Crippen LogP contribution in [0, 0.1) is 0 Å². The molecule has 0 spiro atoms. The van der Waals surface area contributed by atoms with Crippen LogP contribution in [-0.4, -0.2) is 25.5 Å². The van der Waals surface area contributed by atoms with Crippen LogP contribution in [0.5, 0.6) is 0 Å². The Balaban J connectivity index is 1.82. The lowest BCUT2D eigenvalue weighted by Crippen LogP contribution is -2.03. The van der Waals surface area contributed by atoms with Gasteiger partial charge in [0.2, 0.25) is 5.16 Å². The summed E-state index contributed by atoms with van der Waals surface area (Å²) < 4.78 is 2.27. The molecule has 0 unspecified atom stereocenters. The summed E-state index contributed by atoms with van der Waals surface area (Å²) in [7, 11) is 0. The lowest BCUT2D eigenvalue weighted by molar-refractivity contribution is 0.727. The van der Waals surface area contributed by atoms with E-state index in [1.54, 1.807) is 11.8 Å². The Morgan fingerprint density at radius 1 is 0.958 bits per heavy atom. The number of rotatable bonds is 5. The minimum absolute atomic E-state index is 0.744. The summed E-state index contributed by atoms with van der Waals surface area (Å²) in [6, 6.07) is 18.9. The maximum absolute atomic E-state index is 4.77. The van der Waals surface area contributed by atoms with Gasteiger partial charge in [0.1, 0.15) is 5.52 Å². The van der Waals surface area contributed by atoms with Gasteiger partial charge < -0.3 is 4.57 Å². The number of nitrogens with zero attached hydrogens (tertiary/aromatic N) is 4. The summed E-state index contributed by atoms with van der Waals surface area (Å²) in [5.74, 6) is 0.942. The molecule has 120 valence electrons. The van der Waals surface area contributed by atoms with E-state index in [0.29, 0.717) is 0 Å². The van der Waals surface area contributed by atoms with E-state index in [4.69, 9.17) is 4.98 Å². The van der Waals surface area contributed by atoms with E-state index >= 15 is 0 Å². The number of hydrogen-bond donors (Lipinski definition) is 0. The molecule has 0 radical (unpaired) electrons. The fourth-order valence-corrected chi connectivity index (χ4v) is 3.50. The lowest BCUT2D eigenvalue weighted by atomic mass is 10.1. The molecule has 4 rings (SSSR count). The molecule has 0 bridgehead atoms. The van der Waals surface area contributed by atoms with Gasteiger partial charge in [-0.05, 0) is 23.8 Å². The van der Waals surface area contributed by atoms with Gasteiger partial charge in [0.15, 0.2) is 5.65 Å². The maximum atomic E-state index is 4.77. The molecule has 5 heteroatoms. The third-order valence-electron chi connectivity index (χ3n) is 4.09. The minimum Gasteiger partial charge on any atom is -0.323 e. The fourth-order valence-electron chi connectivity index (χ4n) is 2.99. The van der Waals surface area contributed by atoms with E-state index in [1.807, 2.05) is 6.07 Å². The van der Waals surface area contributed by atoms with Gasteiger partial charge in [-0.15, -0.1) is 10.2 Å². The topological polar surface area (TPSA) is 43.6 Å². The van der Waals surface area contributed by atoms with Crippen LogP contribution in [0.2, 0.25) is 0 Å². The number of para-hydroxylation sites is 1. The first-order chi connectivity index (χ1) is 11.9. The van der Waals surface area contributed by atoms with Crippen molar-refractivity contribution in [1.82, 2.24) is 19.7 Å². The Bertz CT molecular complexity index is 979. The number of aromatic nitrogens is 4. The molecule has 4 aromatic rings. The van der Waals surface area contributed by atoms with Gasteiger partial charge in [0.25, 0.3) is 0 Å². The molecule has 0 N–H and O–H groups in total. The molecule has 0 amide bonds. The minimum atomic E-state index is 0.744. The number of thioether (sulfide) groups is 1. The van der Waals surface area contributed by atoms with E-state index in [9.17, 15) is 0 Å². The Labute approximate surface area is 144 Å². The second-order valence-corrected chi connectivity index (χ2v) is 6.84. The van der Waals surface area contributed by atoms with Crippen molar-refractivity contribution >= 4 is 33.8 Å². The molecule has 2 heterocycles. The lowest BCUT2D eigenvalue weighted by Gasteiger charge is -2.07. The monoisotopic (exact) mass is 334 g/mol. The Kier molecular flexibility index (Phi) is 4.17. The quantitative estimate of drug-likeness (QED) is 0.509. The van der Waals surface area contributed by atoms with Crippen molar-refractivity contribution in [2.45, 2.75) is 25.0 Å². The molecule has 24 heavy (non-hydrogen) atoms. The molecule has 0 saturated heterocycles. The standard InChI is InChI=1S/C19H18N4S/c1-2-24-19-20-18-17(21-22-19)15-10-6-7-11-16(15)23(18)13-12-14-8-4-3-5-9-14/h3-11H,2,12-13H2,1H3. The van der Waals surface area contributed by atoms with Crippen molar-refractivity contribution in [3.8, 4) is 0 Å². The Hall–Kier alpha value is -2.40. The summed E-state index contributed by atoms with van der Waals surface area (Å²) >= 11 is 1.63. The summed E-state index contributed by atoms with van der Waals surface area (Å²) in [5.41, 5.74) is 4.31. The smallest absolute Gasteiger partial charge is 0.211 e. The molecule has 4 nitrogen and oxygen atoms in total. The molecular weight excluding hydrogens is 316 g/mol. The van der Waals surface area contributed by atoms with Crippen molar-refractivity contribution < 1.29 is 0 Å². The van der Waals surface area contributed by atoms with Crippen molar-refractivity contribution in [1.29, 1.82) is 0 Å². The van der Waals surface area contributed by atoms with Crippen molar-refractivity contribution in [3.05, 3.63) is 60.2 Å². The summed E-state index contributed by atoms with van der Waals surface area (Å²) in [5, 5.41) is 10.6. The highest BCUT2D eigenvalue weighted by molar-refractivity contribution is 7.99. The normalized spacial score (nSPS) is 11.4. The first-order valence-electron chi connectivity index (χ1n) is 8.15. The predicted octanol–water partition coefficient (Wildman–Crippen LogP) is 4.33. The van der Waals surface area contributed by atoms with Gasteiger partial charge in [-0.3, -0.25) is 0 Å². The van der Waals surface area contributed by atoms with Gasteiger partial charge in [-0.2, -0.15) is 0 Å². The Morgan fingerprint density at radius 2 is 1.75 bits per heavy atom. The van der Waals surface area contributed by atoms with Crippen LogP contribution in [0.4, 0.5) is 0 Å². The van der Waals surface area contributed by atoms with E-state index in [2.05, 4.69) is 70.2 Å². The molecule has 0 saturated carbocycles. The molecule has 0 atom stereocenters. The summed E-state index contributed by atoms with van der Waals surface area (Å²) in [6.07, 6.45) is 0.967. The van der Waals surface area contributed by atoms with Gasteiger partial charge in [0, 0.05) is 11.9 Å². The van der Waals surface area contributed by atoms with Crippen LogP contribution in [-0.2, 0) is 13.0 Å². The number of benzene rings is 2. The van der Waals surface area contributed by atoms with Crippen molar-refractivity contribution in [3.63, 3.8) is 0 Å². The van der Waals surface area contributed by atoms with Crippen LogP contribution in [0.3, 0.4) is 0 Å². The second kappa shape index (κ2) is 6.61. The number of hydrogen-bond acceptors (Lipinski definition) is 4. The van der Waals surface area contributed by atoms with Crippen molar-refractivity contribution in [2.24, 2.45) is 0 Å². The predicted molar refractivity (Wildman–Crippen MR) is 99.4 cm³/mol. The average Bonchev–Trinajstić information content (AvgIpc) is 2.94. The first-order valence-corrected chi connectivity index (χ1v) is 9.13. The summed E-state index contributed by atoms with van der Waals surface area (Å²) in [6.45, 7) is 2.98. The molecule has 0 aliphatic rings. The molecule has 0 fully saturated rings. The summed E-state index contributed by atoms with van der Waals surface area (Å²) in [4.78, 5) is 4.77. The second-order valence-electron chi connectivity index (χ2n) is 5.60. The van der Waals surface area contributed by atoms with E-state index < -0.39 is 0 Å². The fraction of sp³-hybridized carbons (Fsp3) is 0.211. The molecular formula is C19H18N4S.